The number of hydrogen-bond donors (Lipinski definition) is 1. The Balaban J connectivity index is 1.51. The number of benzene rings is 3. The zero-order chi connectivity index (χ0) is 26.1. The molecular formula is C28H24ClFN4O2S. The predicted molar refractivity (Wildman–Crippen MR) is 144 cm³/mol. The van der Waals surface area contributed by atoms with Gasteiger partial charge in [0.15, 0.2) is 0 Å². The van der Waals surface area contributed by atoms with Gasteiger partial charge >= 0.3 is 0 Å². The number of hydrogen-bond acceptors (Lipinski definition) is 5. The number of carbonyl (C=O) groups excluding carboxylic acids is 1. The molecule has 6 nitrogen and oxygen atoms in total. The maximum atomic E-state index is 13.7. The lowest BCUT2D eigenvalue weighted by Crippen LogP contribution is -2.30. The Labute approximate surface area is 222 Å². The summed E-state index contributed by atoms with van der Waals surface area (Å²) in [5, 5.41) is 19.4. The Morgan fingerprint density at radius 2 is 2.00 bits per heavy atom. The summed E-state index contributed by atoms with van der Waals surface area (Å²) in [5.41, 5.74) is 5.54. The molecule has 3 aromatic carbocycles. The number of nitriles is 1. The Morgan fingerprint density at radius 3 is 2.70 bits per heavy atom. The van der Waals surface area contributed by atoms with Gasteiger partial charge in [0, 0.05) is 46.4 Å². The molecule has 1 aliphatic heterocycles. The van der Waals surface area contributed by atoms with E-state index in [9.17, 15) is 18.7 Å². The third-order valence-electron chi connectivity index (χ3n) is 6.80. The molecule has 1 aliphatic carbocycles. The van der Waals surface area contributed by atoms with E-state index >= 15 is 0 Å². The topological polar surface area (TPSA) is 85.6 Å². The van der Waals surface area contributed by atoms with Crippen molar-refractivity contribution in [3.8, 4) is 6.07 Å². The number of nitrogens with zero attached hydrogens (tertiary/aromatic N) is 3. The first kappa shape index (κ1) is 25.1. The highest BCUT2D eigenvalue weighted by atomic mass is 35.5. The Bertz CT molecular complexity index is 1470. The van der Waals surface area contributed by atoms with Gasteiger partial charge in [-0.3, -0.25) is 14.0 Å². The number of halogens is 2. The number of hydrazone groups is 1. The van der Waals surface area contributed by atoms with Gasteiger partial charge in [0.25, 0.3) is 5.91 Å². The molecule has 2 aliphatic rings. The van der Waals surface area contributed by atoms with Crippen molar-refractivity contribution in [1.82, 2.24) is 5.32 Å². The van der Waals surface area contributed by atoms with E-state index < -0.39 is 10.8 Å². The Hall–Kier alpha value is -3.54. The highest BCUT2D eigenvalue weighted by Gasteiger charge is 2.42. The van der Waals surface area contributed by atoms with E-state index in [1.807, 2.05) is 23.2 Å². The van der Waals surface area contributed by atoms with Gasteiger partial charge in [-0.15, -0.1) is 0 Å². The quantitative estimate of drug-likeness (QED) is 0.483. The van der Waals surface area contributed by atoms with E-state index in [0.717, 1.165) is 40.9 Å². The molecule has 9 heteroatoms. The standard InChI is InChI=1S/C28H24ClFN4O2S/c1-37(36)13-12-32-28(35)19-6-10-23-18(14-19)5-11-24-26(23)33-34(22-9-4-20(16-31)25(29)15-22)27(24)17-2-7-21(30)8-3-17/h2-4,6-10,14-15,24,27H,5,11-13H2,1H3,(H,32,35)/t24-,27+,37?/m1/s1. The van der Waals surface area contributed by atoms with Crippen molar-refractivity contribution in [2.75, 3.05) is 23.6 Å². The molecule has 0 saturated heterocycles. The Kier molecular flexibility index (Phi) is 7.09. The van der Waals surface area contributed by atoms with Gasteiger partial charge in [-0.1, -0.05) is 29.8 Å². The number of anilines is 1. The molecule has 0 saturated carbocycles. The first-order valence-electron chi connectivity index (χ1n) is 11.9. The minimum absolute atomic E-state index is 0.0478. The summed E-state index contributed by atoms with van der Waals surface area (Å²) in [5.74, 6) is -0.0380. The zero-order valence-corrected chi connectivity index (χ0v) is 21.7. The van der Waals surface area contributed by atoms with Crippen LogP contribution in [0.25, 0.3) is 0 Å². The van der Waals surface area contributed by atoms with Crippen LogP contribution < -0.4 is 10.3 Å². The fourth-order valence-corrected chi connectivity index (χ4v) is 5.63. The van der Waals surface area contributed by atoms with Crippen LogP contribution in [-0.4, -0.2) is 34.4 Å². The molecule has 3 aromatic rings. The summed E-state index contributed by atoms with van der Waals surface area (Å²) in [6, 6.07) is 19.2. The summed E-state index contributed by atoms with van der Waals surface area (Å²) in [6.07, 6.45) is 3.17. The lowest BCUT2D eigenvalue weighted by Gasteiger charge is -2.31. The summed E-state index contributed by atoms with van der Waals surface area (Å²) in [7, 11) is -0.967. The largest absolute Gasteiger partial charge is 0.351 e. The van der Waals surface area contributed by atoms with Crippen molar-refractivity contribution in [3.05, 3.63) is 99.3 Å². The number of nitrogens with one attached hydrogen (secondary N) is 1. The number of fused-ring (bicyclic) bond motifs is 3. The lowest BCUT2D eigenvalue weighted by atomic mass is 9.77. The van der Waals surface area contributed by atoms with Crippen LogP contribution in [0.3, 0.4) is 0 Å². The average Bonchev–Trinajstić information content (AvgIpc) is 3.28. The molecule has 37 heavy (non-hydrogen) atoms. The van der Waals surface area contributed by atoms with Gasteiger partial charge in [0.2, 0.25) is 0 Å². The van der Waals surface area contributed by atoms with Gasteiger partial charge < -0.3 is 5.32 Å². The van der Waals surface area contributed by atoms with Crippen molar-refractivity contribution in [1.29, 1.82) is 5.26 Å². The second-order valence-corrected chi connectivity index (χ2v) is 11.1. The first-order valence-corrected chi connectivity index (χ1v) is 14.0. The van der Waals surface area contributed by atoms with Crippen LogP contribution in [0.4, 0.5) is 10.1 Å². The van der Waals surface area contributed by atoms with Crippen molar-refractivity contribution in [2.45, 2.75) is 18.9 Å². The molecule has 0 bridgehead atoms. The van der Waals surface area contributed by atoms with E-state index in [1.165, 1.54) is 12.1 Å². The Morgan fingerprint density at radius 1 is 1.22 bits per heavy atom. The molecule has 1 N–H and O–H groups in total. The second kappa shape index (κ2) is 10.4. The highest BCUT2D eigenvalue weighted by Crippen LogP contribution is 2.46. The predicted octanol–water partition coefficient (Wildman–Crippen LogP) is 4.99. The first-order chi connectivity index (χ1) is 17.9. The zero-order valence-electron chi connectivity index (χ0n) is 20.1. The molecule has 0 fully saturated rings. The lowest BCUT2D eigenvalue weighted by molar-refractivity contribution is 0.0956. The van der Waals surface area contributed by atoms with Crippen LogP contribution in [0, 0.1) is 23.1 Å². The van der Waals surface area contributed by atoms with Gasteiger partial charge in [0.1, 0.15) is 11.9 Å². The molecule has 3 atom stereocenters. The normalized spacial score (nSPS) is 18.9. The number of amides is 1. The smallest absolute Gasteiger partial charge is 0.251 e. The van der Waals surface area contributed by atoms with E-state index in [2.05, 4.69) is 11.4 Å². The number of aryl methyl sites for hydroxylation is 1. The van der Waals surface area contributed by atoms with Crippen molar-refractivity contribution in [2.24, 2.45) is 11.0 Å². The van der Waals surface area contributed by atoms with Gasteiger partial charge in [-0.2, -0.15) is 10.4 Å². The fourth-order valence-electron chi connectivity index (χ4n) is 5.02. The maximum Gasteiger partial charge on any atom is 0.251 e. The minimum atomic E-state index is -0.967. The molecule has 5 rings (SSSR count). The monoisotopic (exact) mass is 534 g/mol. The van der Waals surface area contributed by atoms with Crippen LogP contribution >= 0.6 is 11.6 Å². The van der Waals surface area contributed by atoms with Gasteiger partial charge in [-0.25, -0.2) is 4.39 Å². The fraction of sp³-hybridized carbons (Fsp3) is 0.250. The second-order valence-electron chi connectivity index (χ2n) is 9.15. The minimum Gasteiger partial charge on any atom is -0.351 e. The number of rotatable bonds is 6. The summed E-state index contributed by atoms with van der Waals surface area (Å²) >= 11 is 6.35. The summed E-state index contributed by atoms with van der Waals surface area (Å²) in [6.45, 7) is 0.356. The van der Waals surface area contributed by atoms with Crippen molar-refractivity contribution < 1.29 is 13.4 Å². The molecule has 1 unspecified atom stereocenters. The average molecular weight is 535 g/mol. The van der Waals surface area contributed by atoms with Crippen molar-refractivity contribution in [3.63, 3.8) is 0 Å². The molecule has 0 radical (unpaired) electrons. The van der Waals surface area contributed by atoms with E-state index in [-0.39, 0.29) is 23.7 Å². The SMILES string of the molecule is CS(=O)CCNC(=O)c1ccc2c(c1)CC[C@@H]1C2=NN(c2ccc(C#N)c(Cl)c2)[C@H]1c1ccc(F)cc1. The van der Waals surface area contributed by atoms with Crippen LogP contribution in [0.2, 0.25) is 5.02 Å². The molecule has 0 aromatic heterocycles. The molecule has 0 spiro atoms. The molecular weight excluding hydrogens is 511 g/mol. The van der Waals surface area contributed by atoms with Crippen molar-refractivity contribution >= 4 is 39.7 Å². The molecule has 1 amide bonds. The maximum absolute atomic E-state index is 13.7. The molecule has 188 valence electrons. The van der Waals surface area contributed by atoms with Crippen LogP contribution in [0.5, 0.6) is 0 Å². The van der Waals surface area contributed by atoms with Gasteiger partial charge in [-0.05, 0) is 66.4 Å². The van der Waals surface area contributed by atoms with Crippen LogP contribution in [0.1, 0.15) is 45.1 Å². The van der Waals surface area contributed by atoms with Crippen LogP contribution in [0.15, 0.2) is 65.8 Å². The van der Waals surface area contributed by atoms with E-state index in [4.69, 9.17) is 16.7 Å². The third kappa shape index (κ3) is 5.02. The van der Waals surface area contributed by atoms with E-state index in [0.29, 0.717) is 28.4 Å². The van der Waals surface area contributed by atoms with E-state index in [1.54, 1.807) is 36.6 Å². The summed E-state index contributed by atoms with van der Waals surface area (Å²) in [4.78, 5) is 12.6. The summed E-state index contributed by atoms with van der Waals surface area (Å²) < 4.78 is 25.0. The third-order valence-corrected chi connectivity index (χ3v) is 7.90. The number of carbonyl (C=O) groups is 1. The van der Waals surface area contributed by atoms with Gasteiger partial charge in [0.05, 0.1) is 28.0 Å². The highest BCUT2D eigenvalue weighted by molar-refractivity contribution is 7.84. The molecule has 1 heterocycles. The van der Waals surface area contributed by atoms with Crippen LogP contribution in [-0.2, 0) is 17.2 Å².